The fourth-order valence-electron chi connectivity index (χ4n) is 1.67. The van der Waals surface area contributed by atoms with Crippen LogP contribution in [-0.4, -0.2) is 7.11 Å². The molecular formula is C15H20O. The second-order valence-corrected chi connectivity index (χ2v) is 3.97. The lowest BCUT2D eigenvalue weighted by molar-refractivity contribution is 0.414. The zero-order chi connectivity index (χ0) is 12.1. The van der Waals surface area contributed by atoms with Crippen molar-refractivity contribution in [2.24, 2.45) is 0 Å². The Morgan fingerprint density at radius 2 is 1.81 bits per heavy atom. The number of hydrogen-bond acceptors (Lipinski definition) is 1. The molecule has 0 heterocycles. The van der Waals surface area contributed by atoms with Crippen LogP contribution in [0.25, 0.3) is 11.1 Å². The fraction of sp³-hybridized carbons (Fsp3) is 0.333. The number of hydrogen-bond donors (Lipinski definition) is 0. The van der Waals surface area contributed by atoms with E-state index in [1.165, 1.54) is 23.1 Å². The highest BCUT2D eigenvalue weighted by Gasteiger charge is 2.13. The van der Waals surface area contributed by atoms with Crippen molar-refractivity contribution in [3.8, 4) is 5.75 Å². The number of allylic oxidation sites excluding steroid dienone is 3. The van der Waals surface area contributed by atoms with Gasteiger partial charge in [-0.3, -0.25) is 0 Å². The van der Waals surface area contributed by atoms with Gasteiger partial charge in [-0.1, -0.05) is 39.0 Å². The van der Waals surface area contributed by atoms with Crippen molar-refractivity contribution in [1.82, 2.24) is 0 Å². The first kappa shape index (κ1) is 12.6. The summed E-state index contributed by atoms with van der Waals surface area (Å²) in [6.07, 6.45) is 3.35. The smallest absolute Gasteiger partial charge is 0.119 e. The highest BCUT2D eigenvalue weighted by molar-refractivity contribution is 5.94. The maximum atomic E-state index is 5.17. The Morgan fingerprint density at radius 3 is 2.38 bits per heavy atom. The normalized spacial score (nSPS) is 12.5. The van der Waals surface area contributed by atoms with Crippen LogP contribution in [0, 0.1) is 0 Å². The predicted octanol–water partition coefficient (Wildman–Crippen LogP) is 4.54. The molecule has 0 N–H and O–H groups in total. The van der Waals surface area contributed by atoms with E-state index in [1.807, 2.05) is 6.07 Å². The molecule has 2 rings (SSSR count). The molecule has 86 valence electrons. The molecular weight excluding hydrogens is 196 g/mol. The molecule has 0 unspecified atom stereocenters. The first-order valence-electron chi connectivity index (χ1n) is 5.70. The minimum Gasteiger partial charge on any atom is -0.497 e. The van der Waals surface area contributed by atoms with E-state index >= 15 is 0 Å². The molecule has 1 aromatic carbocycles. The Morgan fingerprint density at radius 1 is 1.19 bits per heavy atom. The van der Waals surface area contributed by atoms with E-state index in [0.717, 1.165) is 11.3 Å². The lowest BCUT2D eigenvalue weighted by Crippen LogP contribution is -1.86. The number of fused-ring (bicyclic) bond motifs is 1. The van der Waals surface area contributed by atoms with Crippen LogP contribution in [0.2, 0.25) is 0 Å². The van der Waals surface area contributed by atoms with Gasteiger partial charge in [0.15, 0.2) is 0 Å². The molecule has 0 radical (unpaired) electrons. The van der Waals surface area contributed by atoms with Crippen molar-refractivity contribution in [2.45, 2.75) is 27.2 Å². The third-order valence-electron chi connectivity index (χ3n) is 2.39. The number of methoxy groups -OCH3 is 1. The van der Waals surface area contributed by atoms with Crippen molar-refractivity contribution in [3.05, 3.63) is 42.0 Å². The molecule has 0 saturated heterocycles. The summed E-state index contributed by atoms with van der Waals surface area (Å²) in [7, 11) is 1.69. The Balaban J connectivity index is 0.000000386. The quantitative estimate of drug-likeness (QED) is 0.669. The van der Waals surface area contributed by atoms with E-state index in [-0.39, 0.29) is 0 Å². The topological polar surface area (TPSA) is 9.23 Å². The van der Waals surface area contributed by atoms with Crippen LogP contribution in [0.1, 0.15) is 38.3 Å². The molecule has 0 saturated carbocycles. The van der Waals surface area contributed by atoms with Crippen LogP contribution in [0.3, 0.4) is 0 Å². The Hall–Kier alpha value is -1.50. The second kappa shape index (κ2) is 5.55. The molecule has 0 fully saturated rings. The molecule has 0 amide bonds. The summed E-state index contributed by atoms with van der Waals surface area (Å²) < 4.78 is 5.17. The summed E-state index contributed by atoms with van der Waals surface area (Å²) in [5, 5.41) is 0. The molecule has 1 aromatic rings. The van der Waals surface area contributed by atoms with Gasteiger partial charge in [0.05, 0.1) is 7.11 Å². The number of rotatable bonds is 1. The van der Waals surface area contributed by atoms with Crippen molar-refractivity contribution in [2.75, 3.05) is 7.11 Å². The molecule has 1 aliphatic carbocycles. The first-order valence-corrected chi connectivity index (χ1v) is 5.70. The van der Waals surface area contributed by atoms with Crippen molar-refractivity contribution >= 4 is 11.1 Å². The van der Waals surface area contributed by atoms with Crippen molar-refractivity contribution in [3.63, 3.8) is 0 Å². The molecule has 1 heteroatoms. The third kappa shape index (κ3) is 2.54. The van der Waals surface area contributed by atoms with Crippen molar-refractivity contribution < 1.29 is 4.74 Å². The van der Waals surface area contributed by atoms with Gasteiger partial charge in [-0.25, -0.2) is 0 Å². The van der Waals surface area contributed by atoms with Gasteiger partial charge in [-0.15, -0.1) is 0 Å². The lowest BCUT2D eigenvalue weighted by Gasteiger charge is -2.04. The van der Waals surface area contributed by atoms with Crippen LogP contribution in [0.4, 0.5) is 0 Å². The van der Waals surface area contributed by atoms with Crippen LogP contribution in [0.5, 0.6) is 5.75 Å². The van der Waals surface area contributed by atoms with Gasteiger partial charge < -0.3 is 4.74 Å². The van der Waals surface area contributed by atoms with Crippen LogP contribution in [-0.2, 0) is 0 Å². The van der Waals surface area contributed by atoms with Gasteiger partial charge in [0.25, 0.3) is 0 Å². The summed E-state index contributed by atoms with van der Waals surface area (Å²) in [4.78, 5) is 0. The Kier molecular flexibility index (Phi) is 4.36. The van der Waals surface area contributed by atoms with Gasteiger partial charge in [-0.05, 0) is 41.3 Å². The van der Waals surface area contributed by atoms with E-state index in [2.05, 4.69) is 45.6 Å². The third-order valence-corrected chi connectivity index (χ3v) is 2.39. The average Bonchev–Trinajstić information content (AvgIpc) is 2.55. The minimum absolute atomic E-state index is 0.904. The standard InChI is InChI=1S/C12H12O.C3H8/c1-8-6-9(2)12-7-10(13-3)4-5-11(8)12;1-3-2/h4-7H,1H2,2-3H3;3H2,1-2H3. The van der Waals surface area contributed by atoms with Crippen LogP contribution < -0.4 is 4.74 Å². The highest BCUT2D eigenvalue weighted by Crippen LogP contribution is 2.35. The average molecular weight is 216 g/mol. The zero-order valence-corrected chi connectivity index (χ0v) is 10.6. The van der Waals surface area contributed by atoms with Crippen LogP contribution in [0.15, 0.2) is 30.9 Å². The minimum atomic E-state index is 0.904. The van der Waals surface area contributed by atoms with Gasteiger partial charge in [-0.2, -0.15) is 0 Å². The predicted molar refractivity (Wildman–Crippen MR) is 71.6 cm³/mol. The van der Waals surface area contributed by atoms with Gasteiger partial charge in [0.1, 0.15) is 5.75 Å². The van der Waals surface area contributed by atoms with Crippen LogP contribution >= 0.6 is 0 Å². The largest absolute Gasteiger partial charge is 0.497 e. The number of benzene rings is 1. The Labute approximate surface area is 98.5 Å². The van der Waals surface area contributed by atoms with Gasteiger partial charge >= 0.3 is 0 Å². The maximum absolute atomic E-state index is 5.17. The molecule has 16 heavy (non-hydrogen) atoms. The summed E-state index contributed by atoms with van der Waals surface area (Å²) in [5.41, 5.74) is 4.82. The van der Waals surface area contributed by atoms with E-state index in [0.29, 0.717) is 0 Å². The van der Waals surface area contributed by atoms with E-state index in [1.54, 1.807) is 7.11 Å². The molecule has 1 nitrogen and oxygen atoms in total. The summed E-state index contributed by atoms with van der Waals surface area (Å²) >= 11 is 0. The SMILES string of the molecule is C=C1C=C(C)c2cc(OC)ccc21.CCC. The van der Waals surface area contributed by atoms with Gasteiger partial charge in [0, 0.05) is 0 Å². The lowest BCUT2D eigenvalue weighted by atomic mass is 10.1. The molecule has 0 spiro atoms. The molecule has 0 aromatic heterocycles. The van der Waals surface area contributed by atoms with Crippen molar-refractivity contribution in [1.29, 1.82) is 0 Å². The number of ether oxygens (including phenoxy) is 1. The zero-order valence-electron chi connectivity index (χ0n) is 10.6. The fourth-order valence-corrected chi connectivity index (χ4v) is 1.67. The maximum Gasteiger partial charge on any atom is 0.119 e. The summed E-state index contributed by atoms with van der Waals surface area (Å²) in [6, 6.07) is 6.08. The van der Waals surface area contributed by atoms with E-state index in [4.69, 9.17) is 4.74 Å². The molecule has 1 aliphatic rings. The molecule has 0 bridgehead atoms. The summed E-state index contributed by atoms with van der Waals surface area (Å²) in [6.45, 7) is 10.3. The second-order valence-electron chi connectivity index (χ2n) is 3.97. The first-order chi connectivity index (χ1) is 7.63. The Bertz CT molecular complexity index is 413. The molecule has 0 atom stereocenters. The monoisotopic (exact) mass is 216 g/mol. The summed E-state index contributed by atoms with van der Waals surface area (Å²) in [5.74, 6) is 0.904. The van der Waals surface area contributed by atoms with Gasteiger partial charge in [0.2, 0.25) is 0 Å². The highest BCUT2D eigenvalue weighted by atomic mass is 16.5. The van der Waals surface area contributed by atoms with E-state index in [9.17, 15) is 0 Å². The molecule has 0 aliphatic heterocycles. The van der Waals surface area contributed by atoms with E-state index < -0.39 is 0 Å².